The maximum Gasteiger partial charge on any atom is 0.185 e. The number of benzene rings is 1. The highest BCUT2D eigenvalue weighted by Gasteiger charge is 2.15. The van der Waals surface area contributed by atoms with Crippen molar-refractivity contribution in [3.8, 4) is 11.3 Å². The molecule has 1 saturated heterocycles. The lowest BCUT2D eigenvalue weighted by atomic mass is 10.0. The first-order chi connectivity index (χ1) is 9.24. The molecular weight excluding hydrogens is 252 g/mol. The summed E-state index contributed by atoms with van der Waals surface area (Å²) in [4.78, 5) is 7.28. The Bertz CT molecular complexity index is 568. The van der Waals surface area contributed by atoms with Crippen LogP contribution in [0.2, 0.25) is 0 Å². The van der Waals surface area contributed by atoms with Crippen LogP contribution in [0.1, 0.15) is 30.4 Å². The van der Waals surface area contributed by atoms with E-state index in [0.717, 1.165) is 5.69 Å². The molecule has 0 radical (unpaired) electrons. The van der Waals surface area contributed by atoms with Crippen molar-refractivity contribution in [3.05, 3.63) is 34.7 Å². The lowest BCUT2D eigenvalue weighted by Gasteiger charge is -2.25. The van der Waals surface area contributed by atoms with Gasteiger partial charge in [-0.3, -0.25) is 0 Å². The van der Waals surface area contributed by atoms with Crippen LogP contribution >= 0.6 is 11.3 Å². The van der Waals surface area contributed by atoms with Crippen molar-refractivity contribution >= 4 is 16.5 Å². The predicted molar refractivity (Wildman–Crippen MR) is 83.1 cm³/mol. The highest BCUT2D eigenvalue weighted by molar-refractivity contribution is 7.14. The molecule has 0 saturated carbocycles. The minimum Gasteiger partial charge on any atom is -0.348 e. The molecule has 0 amide bonds. The molecule has 3 rings (SSSR count). The molecule has 2 nitrogen and oxygen atoms in total. The fourth-order valence-corrected chi connectivity index (χ4v) is 3.51. The van der Waals surface area contributed by atoms with Crippen LogP contribution in [-0.4, -0.2) is 18.1 Å². The molecule has 1 fully saturated rings. The summed E-state index contributed by atoms with van der Waals surface area (Å²) in [6, 6.07) is 6.59. The second-order valence-corrected chi connectivity index (χ2v) is 6.22. The Balaban J connectivity index is 1.89. The Labute approximate surface area is 119 Å². The topological polar surface area (TPSA) is 16.1 Å². The van der Waals surface area contributed by atoms with Gasteiger partial charge in [0.15, 0.2) is 5.13 Å². The Morgan fingerprint density at radius 3 is 2.68 bits per heavy atom. The van der Waals surface area contributed by atoms with E-state index in [1.54, 1.807) is 11.3 Å². The van der Waals surface area contributed by atoms with Crippen molar-refractivity contribution < 1.29 is 0 Å². The highest BCUT2D eigenvalue weighted by Crippen LogP contribution is 2.31. The van der Waals surface area contributed by atoms with Gasteiger partial charge in [-0.2, -0.15) is 0 Å². The number of hydrogen-bond acceptors (Lipinski definition) is 3. The summed E-state index contributed by atoms with van der Waals surface area (Å²) in [6.45, 7) is 6.63. The van der Waals surface area contributed by atoms with Crippen molar-refractivity contribution in [2.75, 3.05) is 18.0 Å². The van der Waals surface area contributed by atoms with Crippen LogP contribution in [0.5, 0.6) is 0 Å². The summed E-state index contributed by atoms with van der Waals surface area (Å²) in [5.41, 5.74) is 5.01. The van der Waals surface area contributed by atoms with E-state index in [9.17, 15) is 0 Å². The third-order valence-corrected chi connectivity index (χ3v) is 4.69. The van der Waals surface area contributed by atoms with Gasteiger partial charge in [0.1, 0.15) is 0 Å². The second kappa shape index (κ2) is 5.33. The first kappa shape index (κ1) is 12.7. The molecule has 0 aliphatic carbocycles. The van der Waals surface area contributed by atoms with E-state index in [4.69, 9.17) is 4.98 Å². The van der Waals surface area contributed by atoms with Gasteiger partial charge < -0.3 is 4.90 Å². The molecule has 1 aliphatic rings. The Morgan fingerprint density at radius 2 is 1.89 bits per heavy atom. The molecule has 3 heteroatoms. The standard InChI is InChI=1S/C16H20N2S/c1-12-6-7-13(2)14(10-12)15-11-19-16(17-15)18-8-4-3-5-9-18/h6-7,10-11H,3-5,8-9H2,1-2H3. The molecule has 100 valence electrons. The zero-order valence-corrected chi connectivity index (χ0v) is 12.5. The van der Waals surface area contributed by atoms with Gasteiger partial charge in [-0.15, -0.1) is 11.3 Å². The zero-order valence-electron chi connectivity index (χ0n) is 11.6. The number of anilines is 1. The van der Waals surface area contributed by atoms with Crippen molar-refractivity contribution in [2.24, 2.45) is 0 Å². The molecule has 19 heavy (non-hydrogen) atoms. The van der Waals surface area contributed by atoms with Crippen LogP contribution in [0.3, 0.4) is 0 Å². The number of rotatable bonds is 2. The van der Waals surface area contributed by atoms with E-state index in [2.05, 4.69) is 42.3 Å². The maximum absolute atomic E-state index is 4.85. The number of aryl methyl sites for hydroxylation is 2. The summed E-state index contributed by atoms with van der Waals surface area (Å²) in [7, 11) is 0. The monoisotopic (exact) mass is 272 g/mol. The van der Waals surface area contributed by atoms with Crippen LogP contribution in [0, 0.1) is 13.8 Å². The highest BCUT2D eigenvalue weighted by atomic mass is 32.1. The first-order valence-electron chi connectivity index (χ1n) is 7.02. The van der Waals surface area contributed by atoms with Gasteiger partial charge in [0.25, 0.3) is 0 Å². The summed E-state index contributed by atoms with van der Waals surface area (Å²) in [5, 5.41) is 3.39. The van der Waals surface area contributed by atoms with Gasteiger partial charge in [0, 0.05) is 24.0 Å². The zero-order chi connectivity index (χ0) is 13.2. The first-order valence-corrected chi connectivity index (χ1v) is 7.90. The van der Waals surface area contributed by atoms with Crippen molar-refractivity contribution in [1.29, 1.82) is 0 Å². The van der Waals surface area contributed by atoms with E-state index in [0.29, 0.717) is 0 Å². The molecule has 0 spiro atoms. The minimum absolute atomic E-state index is 1.13. The lowest BCUT2D eigenvalue weighted by Crippen LogP contribution is -2.29. The fraction of sp³-hybridized carbons (Fsp3) is 0.438. The SMILES string of the molecule is Cc1ccc(C)c(-c2csc(N3CCCCC3)n2)c1. The Morgan fingerprint density at radius 1 is 1.11 bits per heavy atom. The molecule has 1 aromatic carbocycles. The van der Waals surface area contributed by atoms with Crippen molar-refractivity contribution in [3.63, 3.8) is 0 Å². The van der Waals surface area contributed by atoms with Crippen LogP contribution in [-0.2, 0) is 0 Å². The van der Waals surface area contributed by atoms with E-state index in [1.165, 1.54) is 54.2 Å². The number of thiazole rings is 1. The summed E-state index contributed by atoms with van der Waals surface area (Å²) < 4.78 is 0. The lowest BCUT2D eigenvalue weighted by molar-refractivity contribution is 0.577. The maximum atomic E-state index is 4.85. The molecule has 2 heterocycles. The number of piperidine rings is 1. The Hall–Kier alpha value is -1.35. The van der Waals surface area contributed by atoms with Gasteiger partial charge in [0.2, 0.25) is 0 Å². The molecular formula is C16H20N2S. The predicted octanol–water partition coefficient (Wildman–Crippen LogP) is 4.42. The summed E-state index contributed by atoms with van der Waals surface area (Å²) >= 11 is 1.78. The van der Waals surface area contributed by atoms with Crippen LogP contribution in [0.25, 0.3) is 11.3 Å². The van der Waals surface area contributed by atoms with Crippen LogP contribution in [0.4, 0.5) is 5.13 Å². The third-order valence-electron chi connectivity index (χ3n) is 3.79. The van der Waals surface area contributed by atoms with E-state index >= 15 is 0 Å². The van der Waals surface area contributed by atoms with Crippen molar-refractivity contribution in [2.45, 2.75) is 33.1 Å². The molecule has 0 atom stereocenters. The molecule has 0 unspecified atom stereocenters. The van der Waals surface area contributed by atoms with Gasteiger partial charge in [0.05, 0.1) is 5.69 Å². The van der Waals surface area contributed by atoms with E-state index < -0.39 is 0 Å². The number of hydrogen-bond donors (Lipinski definition) is 0. The number of aromatic nitrogens is 1. The molecule has 0 bridgehead atoms. The van der Waals surface area contributed by atoms with Gasteiger partial charge in [-0.25, -0.2) is 4.98 Å². The largest absolute Gasteiger partial charge is 0.348 e. The van der Waals surface area contributed by atoms with Gasteiger partial charge in [-0.05, 0) is 44.7 Å². The van der Waals surface area contributed by atoms with Crippen LogP contribution in [0.15, 0.2) is 23.6 Å². The quantitative estimate of drug-likeness (QED) is 0.804. The third kappa shape index (κ3) is 2.66. The van der Waals surface area contributed by atoms with Crippen LogP contribution < -0.4 is 4.90 Å². The normalized spacial score (nSPS) is 15.8. The average molecular weight is 272 g/mol. The smallest absolute Gasteiger partial charge is 0.185 e. The van der Waals surface area contributed by atoms with Crippen molar-refractivity contribution in [1.82, 2.24) is 4.98 Å². The Kier molecular flexibility index (Phi) is 3.56. The van der Waals surface area contributed by atoms with E-state index in [1.807, 2.05) is 0 Å². The summed E-state index contributed by atoms with van der Waals surface area (Å²) in [6.07, 6.45) is 3.97. The second-order valence-electron chi connectivity index (χ2n) is 5.38. The minimum atomic E-state index is 1.13. The summed E-state index contributed by atoms with van der Waals surface area (Å²) in [5.74, 6) is 0. The van der Waals surface area contributed by atoms with Gasteiger partial charge in [-0.1, -0.05) is 17.7 Å². The van der Waals surface area contributed by atoms with E-state index in [-0.39, 0.29) is 0 Å². The molecule has 1 aliphatic heterocycles. The average Bonchev–Trinajstić information content (AvgIpc) is 2.92. The van der Waals surface area contributed by atoms with Gasteiger partial charge >= 0.3 is 0 Å². The fourth-order valence-electron chi connectivity index (χ4n) is 2.63. The molecule has 0 N–H and O–H groups in total. The number of nitrogens with zero attached hydrogens (tertiary/aromatic N) is 2. The molecule has 2 aromatic rings. The molecule has 1 aromatic heterocycles.